The molecule has 0 aliphatic carbocycles. The molecule has 6 heteroatoms. The molecule has 5 nitrogen and oxygen atoms in total. The molecule has 2 heterocycles. The Morgan fingerprint density at radius 3 is 2.78 bits per heavy atom. The minimum Gasteiger partial charge on any atom is -0.338 e. The SMILES string of the molecule is O=C(NCCc1cnn(-c2ccccc2)c1)NCc1cccs1. The van der Waals surface area contributed by atoms with Crippen molar-refractivity contribution in [3.05, 3.63) is 70.7 Å². The highest BCUT2D eigenvalue weighted by atomic mass is 32.1. The maximum Gasteiger partial charge on any atom is 0.315 e. The topological polar surface area (TPSA) is 59.0 Å². The van der Waals surface area contributed by atoms with Crippen LogP contribution in [0, 0.1) is 0 Å². The average Bonchev–Trinajstić information content (AvgIpc) is 3.26. The zero-order valence-electron chi connectivity index (χ0n) is 12.6. The number of thiophene rings is 1. The predicted octanol–water partition coefficient (Wildman–Crippen LogP) is 2.98. The Morgan fingerprint density at radius 2 is 2.00 bits per heavy atom. The van der Waals surface area contributed by atoms with E-state index in [1.165, 1.54) is 0 Å². The Kier molecular flexibility index (Phi) is 5.06. The second-order valence-corrected chi connectivity index (χ2v) is 6.10. The highest BCUT2D eigenvalue weighted by Gasteiger charge is 2.03. The van der Waals surface area contributed by atoms with Crippen LogP contribution in [0.5, 0.6) is 0 Å². The molecule has 118 valence electrons. The quantitative estimate of drug-likeness (QED) is 0.731. The molecule has 0 unspecified atom stereocenters. The molecule has 0 aliphatic rings. The standard InChI is InChI=1S/C17H18N4OS/c22-17(19-12-16-7-4-10-23-16)18-9-8-14-11-20-21(13-14)15-5-2-1-3-6-15/h1-7,10-11,13H,8-9,12H2,(H2,18,19,22). The van der Waals surface area contributed by atoms with Gasteiger partial charge in [-0.25, -0.2) is 9.48 Å². The van der Waals surface area contributed by atoms with Crippen LogP contribution >= 0.6 is 11.3 Å². The molecule has 0 spiro atoms. The molecular weight excluding hydrogens is 308 g/mol. The smallest absolute Gasteiger partial charge is 0.315 e. The van der Waals surface area contributed by atoms with Gasteiger partial charge in [0.2, 0.25) is 0 Å². The van der Waals surface area contributed by atoms with Gasteiger partial charge in [0, 0.05) is 17.6 Å². The second kappa shape index (κ2) is 7.60. The zero-order valence-corrected chi connectivity index (χ0v) is 13.4. The fraction of sp³-hybridized carbons (Fsp3) is 0.176. The Morgan fingerprint density at radius 1 is 1.13 bits per heavy atom. The van der Waals surface area contributed by atoms with Gasteiger partial charge in [-0.05, 0) is 35.6 Å². The van der Waals surface area contributed by atoms with Gasteiger partial charge in [0.25, 0.3) is 0 Å². The monoisotopic (exact) mass is 326 g/mol. The van der Waals surface area contributed by atoms with Gasteiger partial charge in [0.05, 0.1) is 18.4 Å². The first kappa shape index (κ1) is 15.3. The van der Waals surface area contributed by atoms with E-state index in [0.29, 0.717) is 13.1 Å². The molecule has 3 rings (SSSR count). The van der Waals surface area contributed by atoms with Gasteiger partial charge in [-0.2, -0.15) is 5.10 Å². The molecule has 0 saturated heterocycles. The molecule has 2 amide bonds. The van der Waals surface area contributed by atoms with Crippen molar-refractivity contribution in [2.75, 3.05) is 6.54 Å². The number of urea groups is 1. The van der Waals surface area contributed by atoms with Crippen LogP contribution in [0.2, 0.25) is 0 Å². The highest BCUT2D eigenvalue weighted by molar-refractivity contribution is 7.09. The fourth-order valence-corrected chi connectivity index (χ4v) is 2.82. The third kappa shape index (κ3) is 4.43. The Balaban J connectivity index is 1.42. The van der Waals surface area contributed by atoms with Crippen LogP contribution in [0.15, 0.2) is 60.2 Å². The van der Waals surface area contributed by atoms with E-state index in [-0.39, 0.29) is 6.03 Å². The average molecular weight is 326 g/mol. The van der Waals surface area contributed by atoms with Crippen molar-refractivity contribution >= 4 is 17.4 Å². The second-order valence-electron chi connectivity index (χ2n) is 5.07. The van der Waals surface area contributed by atoms with Crippen LogP contribution in [0.1, 0.15) is 10.4 Å². The van der Waals surface area contributed by atoms with Crippen molar-refractivity contribution in [1.82, 2.24) is 20.4 Å². The van der Waals surface area contributed by atoms with Crippen LogP contribution in [-0.4, -0.2) is 22.4 Å². The van der Waals surface area contributed by atoms with Crippen LogP contribution in [-0.2, 0) is 13.0 Å². The van der Waals surface area contributed by atoms with E-state index in [2.05, 4.69) is 15.7 Å². The van der Waals surface area contributed by atoms with Gasteiger partial charge in [0.15, 0.2) is 0 Å². The zero-order chi connectivity index (χ0) is 15.9. The lowest BCUT2D eigenvalue weighted by atomic mass is 10.2. The molecule has 3 aromatic rings. The Hall–Kier alpha value is -2.60. The van der Waals surface area contributed by atoms with E-state index in [1.54, 1.807) is 11.3 Å². The number of hydrogen-bond acceptors (Lipinski definition) is 3. The highest BCUT2D eigenvalue weighted by Crippen LogP contribution is 2.08. The third-order valence-electron chi connectivity index (χ3n) is 3.36. The summed E-state index contributed by atoms with van der Waals surface area (Å²) in [6.45, 7) is 1.15. The summed E-state index contributed by atoms with van der Waals surface area (Å²) in [6, 6.07) is 13.8. The molecule has 2 N–H and O–H groups in total. The lowest BCUT2D eigenvalue weighted by Crippen LogP contribution is -2.35. The normalized spacial score (nSPS) is 10.4. The van der Waals surface area contributed by atoms with Crippen molar-refractivity contribution in [2.45, 2.75) is 13.0 Å². The van der Waals surface area contributed by atoms with Crippen molar-refractivity contribution in [3.63, 3.8) is 0 Å². The lowest BCUT2D eigenvalue weighted by Gasteiger charge is -2.05. The summed E-state index contributed by atoms with van der Waals surface area (Å²) < 4.78 is 1.84. The van der Waals surface area contributed by atoms with Crippen molar-refractivity contribution in [3.8, 4) is 5.69 Å². The lowest BCUT2D eigenvalue weighted by molar-refractivity contribution is 0.240. The summed E-state index contributed by atoms with van der Waals surface area (Å²) in [5, 5.41) is 12.0. The summed E-state index contributed by atoms with van der Waals surface area (Å²) in [4.78, 5) is 12.9. The number of nitrogens with zero attached hydrogens (tertiary/aromatic N) is 2. The third-order valence-corrected chi connectivity index (χ3v) is 4.24. The van der Waals surface area contributed by atoms with Gasteiger partial charge in [-0.3, -0.25) is 0 Å². The Bertz CT molecular complexity index is 737. The first-order valence-electron chi connectivity index (χ1n) is 7.44. The minimum atomic E-state index is -0.145. The van der Waals surface area contributed by atoms with E-state index in [1.807, 2.05) is 64.9 Å². The molecule has 2 aromatic heterocycles. The van der Waals surface area contributed by atoms with Crippen molar-refractivity contribution in [2.24, 2.45) is 0 Å². The van der Waals surface area contributed by atoms with Gasteiger partial charge in [0.1, 0.15) is 0 Å². The summed E-state index contributed by atoms with van der Waals surface area (Å²) in [5.41, 5.74) is 2.12. The van der Waals surface area contributed by atoms with Crippen LogP contribution in [0.3, 0.4) is 0 Å². The molecule has 1 aromatic carbocycles. The molecule has 0 bridgehead atoms. The first-order chi connectivity index (χ1) is 11.3. The van der Waals surface area contributed by atoms with Crippen LogP contribution in [0.25, 0.3) is 5.69 Å². The number of carbonyl (C=O) groups is 1. The van der Waals surface area contributed by atoms with Gasteiger partial charge in [-0.1, -0.05) is 24.3 Å². The molecule has 0 saturated carbocycles. The van der Waals surface area contributed by atoms with Gasteiger partial charge >= 0.3 is 6.03 Å². The minimum absolute atomic E-state index is 0.145. The van der Waals surface area contributed by atoms with Crippen molar-refractivity contribution < 1.29 is 4.79 Å². The van der Waals surface area contributed by atoms with Crippen molar-refractivity contribution in [1.29, 1.82) is 0 Å². The first-order valence-corrected chi connectivity index (χ1v) is 8.32. The van der Waals surface area contributed by atoms with Gasteiger partial charge < -0.3 is 10.6 Å². The number of para-hydroxylation sites is 1. The van der Waals surface area contributed by atoms with Gasteiger partial charge in [-0.15, -0.1) is 11.3 Å². The van der Waals surface area contributed by atoms with E-state index in [9.17, 15) is 4.79 Å². The van der Waals surface area contributed by atoms with E-state index < -0.39 is 0 Å². The largest absolute Gasteiger partial charge is 0.338 e. The predicted molar refractivity (Wildman–Crippen MR) is 91.8 cm³/mol. The molecule has 0 fully saturated rings. The summed E-state index contributed by atoms with van der Waals surface area (Å²) in [6.07, 6.45) is 4.57. The molecule has 0 atom stereocenters. The number of aromatic nitrogens is 2. The number of hydrogen-bond donors (Lipinski definition) is 2. The number of rotatable bonds is 6. The maximum absolute atomic E-state index is 11.7. The van der Waals surface area contributed by atoms with Crippen LogP contribution in [0.4, 0.5) is 4.79 Å². The maximum atomic E-state index is 11.7. The van der Waals surface area contributed by atoms with E-state index in [4.69, 9.17) is 0 Å². The summed E-state index contributed by atoms with van der Waals surface area (Å²) in [7, 11) is 0. The molecule has 0 aliphatic heterocycles. The molecule has 23 heavy (non-hydrogen) atoms. The summed E-state index contributed by atoms with van der Waals surface area (Å²) in [5.74, 6) is 0. The summed E-state index contributed by atoms with van der Waals surface area (Å²) >= 11 is 1.63. The van der Waals surface area contributed by atoms with E-state index >= 15 is 0 Å². The number of amides is 2. The number of benzene rings is 1. The van der Waals surface area contributed by atoms with Crippen LogP contribution < -0.4 is 10.6 Å². The number of nitrogens with one attached hydrogen (secondary N) is 2. The number of carbonyl (C=O) groups excluding carboxylic acids is 1. The Labute approximate surface area is 139 Å². The molecular formula is C17H18N4OS. The molecule has 0 radical (unpaired) electrons. The fourth-order valence-electron chi connectivity index (χ4n) is 2.17. The van der Waals surface area contributed by atoms with E-state index in [0.717, 1.165) is 22.5 Å².